The first-order chi connectivity index (χ1) is 25.4. The maximum atomic E-state index is 14.0. The van der Waals surface area contributed by atoms with Crippen molar-refractivity contribution in [1.29, 1.82) is 0 Å². The van der Waals surface area contributed by atoms with Crippen LogP contribution < -0.4 is 27.0 Å². The fourth-order valence-electron chi connectivity index (χ4n) is 6.30. The minimum absolute atomic E-state index is 0.0166. The molecular weight excluding hydrogens is 680 g/mol. The summed E-state index contributed by atoms with van der Waals surface area (Å²) >= 11 is 0. The molecule has 1 aliphatic heterocycles. The van der Waals surface area contributed by atoms with Gasteiger partial charge in [-0.2, -0.15) is 0 Å². The van der Waals surface area contributed by atoms with E-state index in [1.165, 1.54) is 0 Å². The van der Waals surface area contributed by atoms with Crippen LogP contribution in [0, 0.1) is 11.8 Å². The number of amides is 4. The SMILES string of the molecule is CC(C)CC(NC(=O)C(Cc1ccccc1)NC(=O)C(N)Cc1ccccc1)C(=O)NC(CCCCNCC(O)CO)C(=O)N1CCC(C(=O)O)CC1. The van der Waals surface area contributed by atoms with Gasteiger partial charge in [0.15, 0.2) is 0 Å². The van der Waals surface area contributed by atoms with Crippen LogP contribution in [0.5, 0.6) is 0 Å². The molecule has 0 spiro atoms. The summed E-state index contributed by atoms with van der Waals surface area (Å²) in [7, 11) is 0. The zero-order chi connectivity index (χ0) is 38.8. The maximum absolute atomic E-state index is 14.0. The highest BCUT2D eigenvalue weighted by molar-refractivity contribution is 5.95. The summed E-state index contributed by atoms with van der Waals surface area (Å²) in [5, 5.41) is 39.6. The van der Waals surface area contributed by atoms with Crippen molar-refractivity contribution in [2.24, 2.45) is 17.6 Å². The number of aliphatic hydroxyl groups excluding tert-OH is 2. The van der Waals surface area contributed by atoms with E-state index in [2.05, 4.69) is 21.3 Å². The molecule has 0 aliphatic carbocycles. The van der Waals surface area contributed by atoms with Gasteiger partial charge in [0, 0.05) is 26.1 Å². The molecule has 9 N–H and O–H groups in total. The lowest BCUT2D eigenvalue weighted by molar-refractivity contribution is -0.146. The van der Waals surface area contributed by atoms with Crippen LogP contribution in [0.4, 0.5) is 0 Å². The molecule has 0 bridgehead atoms. The van der Waals surface area contributed by atoms with E-state index >= 15 is 0 Å². The molecule has 2 aromatic rings. The molecular formula is C39H58N6O8. The molecule has 5 unspecified atom stereocenters. The minimum Gasteiger partial charge on any atom is -0.481 e. The Kier molecular flexibility index (Phi) is 18.4. The Hall–Kier alpha value is -4.37. The van der Waals surface area contributed by atoms with Gasteiger partial charge in [-0.1, -0.05) is 74.5 Å². The van der Waals surface area contributed by atoms with E-state index < -0.39 is 59.9 Å². The van der Waals surface area contributed by atoms with Crippen molar-refractivity contribution in [2.75, 3.05) is 32.8 Å². The van der Waals surface area contributed by atoms with Crippen molar-refractivity contribution in [1.82, 2.24) is 26.2 Å². The zero-order valence-corrected chi connectivity index (χ0v) is 30.9. The molecule has 1 aliphatic rings. The molecule has 4 amide bonds. The average molecular weight is 739 g/mol. The van der Waals surface area contributed by atoms with Crippen LogP contribution in [0.2, 0.25) is 0 Å². The van der Waals surface area contributed by atoms with Crippen LogP contribution >= 0.6 is 0 Å². The highest BCUT2D eigenvalue weighted by Gasteiger charge is 2.34. The van der Waals surface area contributed by atoms with Gasteiger partial charge in [-0.3, -0.25) is 24.0 Å². The van der Waals surface area contributed by atoms with E-state index in [0.29, 0.717) is 38.6 Å². The van der Waals surface area contributed by atoms with Crippen LogP contribution in [-0.2, 0) is 36.8 Å². The minimum atomic E-state index is -1.04. The lowest BCUT2D eigenvalue weighted by atomic mass is 9.96. The number of rotatable bonds is 22. The number of likely N-dealkylation sites (tertiary alicyclic amines) is 1. The number of nitrogens with one attached hydrogen (secondary N) is 4. The summed E-state index contributed by atoms with van der Waals surface area (Å²) in [5.41, 5.74) is 7.94. The number of benzene rings is 2. The number of unbranched alkanes of at least 4 members (excludes halogenated alkanes) is 1. The normalized spacial score (nSPS) is 16.2. The van der Waals surface area contributed by atoms with Gasteiger partial charge in [0.25, 0.3) is 0 Å². The van der Waals surface area contributed by atoms with Gasteiger partial charge in [0.1, 0.15) is 18.1 Å². The van der Waals surface area contributed by atoms with Crippen molar-refractivity contribution < 1.29 is 39.3 Å². The van der Waals surface area contributed by atoms with Crippen LogP contribution in [-0.4, -0.2) is 113 Å². The van der Waals surface area contributed by atoms with Gasteiger partial charge >= 0.3 is 5.97 Å². The molecule has 14 heteroatoms. The number of carbonyl (C=O) groups excluding carboxylic acids is 4. The Labute approximate surface area is 312 Å². The average Bonchev–Trinajstić information content (AvgIpc) is 3.15. The third kappa shape index (κ3) is 15.3. The molecule has 0 radical (unpaired) electrons. The molecule has 1 saturated heterocycles. The smallest absolute Gasteiger partial charge is 0.306 e. The first-order valence-corrected chi connectivity index (χ1v) is 18.6. The van der Waals surface area contributed by atoms with Gasteiger partial charge in [-0.15, -0.1) is 0 Å². The van der Waals surface area contributed by atoms with E-state index in [0.717, 1.165) is 11.1 Å². The molecule has 14 nitrogen and oxygen atoms in total. The number of carbonyl (C=O) groups is 5. The topological polar surface area (TPSA) is 223 Å². The predicted octanol–water partition coefficient (Wildman–Crippen LogP) is 0.736. The Morgan fingerprint density at radius 3 is 1.91 bits per heavy atom. The van der Waals surface area contributed by atoms with E-state index in [1.807, 2.05) is 74.5 Å². The number of hydrogen-bond donors (Lipinski definition) is 8. The molecule has 53 heavy (non-hydrogen) atoms. The van der Waals surface area contributed by atoms with Gasteiger partial charge in [-0.25, -0.2) is 0 Å². The van der Waals surface area contributed by atoms with Gasteiger partial charge in [0.05, 0.1) is 24.7 Å². The number of nitrogens with two attached hydrogens (primary N) is 1. The summed E-state index contributed by atoms with van der Waals surface area (Å²) in [4.78, 5) is 68.1. The van der Waals surface area contributed by atoms with Crippen molar-refractivity contribution in [3.63, 3.8) is 0 Å². The third-order valence-corrected chi connectivity index (χ3v) is 9.35. The van der Waals surface area contributed by atoms with Crippen LogP contribution in [0.15, 0.2) is 60.7 Å². The van der Waals surface area contributed by atoms with E-state index in [4.69, 9.17) is 10.8 Å². The summed E-state index contributed by atoms with van der Waals surface area (Å²) < 4.78 is 0. The molecule has 0 aromatic heterocycles. The molecule has 2 aromatic carbocycles. The van der Waals surface area contributed by atoms with Gasteiger partial charge < -0.3 is 47.2 Å². The summed E-state index contributed by atoms with van der Waals surface area (Å²) in [5.74, 6) is -3.37. The number of hydrogen-bond acceptors (Lipinski definition) is 9. The van der Waals surface area contributed by atoms with Crippen molar-refractivity contribution in [2.45, 2.75) is 95.5 Å². The Morgan fingerprint density at radius 2 is 1.34 bits per heavy atom. The molecule has 1 heterocycles. The second-order valence-electron chi connectivity index (χ2n) is 14.3. The van der Waals surface area contributed by atoms with Crippen molar-refractivity contribution in [3.05, 3.63) is 71.8 Å². The monoisotopic (exact) mass is 738 g/mol. The fourth-order valence-corrected chi connectivity index (χ4v) is 6.30. The maximum Gasteiger partial charge on any atom is 0.306 e. The quantitative estimate of drug-likeness (QED) is 0.0792. The molecule has 0 saturated carbocycles. The zero-order valence-electron chi connectivity index (χ0n) is 30.9. The number of carboxylic acid groups (broad SMARTS) is 1. The van der Waals surface area contributed by atoms with Crippen LogP contribution in [0.3, 0.4) is 0 Å². The summed E-state index contributed by atoms with van der Waals surface area (Å²) in [6.45, 7) is 4.71. The first kappa shape index (κ1) is 43.0. The van der Waals surface area contributed by atoms with E-state index in [1.54, 1.807) is 4.90 Å². The number of piperidine rings is 1. The van der Waals surface area contributed by atoms with E-state index in [-0.39, 0.29) is 57.3 Å². The molecule has 5 atom stereocenters. The first-order valence-electron chi connectivity index (χ1n) is 18.6. The number of nitrogens with zero attached hydrogens (tertiary/aromatic N) is 1. The second-order valence-corrected chi connectivity index (χ2v) is 14.3. The van der Waals surface area contributed by atoms with Crippen LogP contribution in [0.25, 0.3) is 0 Å². The largest absolute Gasteiger partial charge is 0.481 e. The highest BCUT2D eigenvalue weighted by atomic mass is 16.4. The number of aliphatic carboxylic acids is 1. The highest BCUT2D eigenvalue weighted by Crippen LogP contribution is 2.19. The van der Waals surface area contributed by atoms with Crippen LogP contribution in [0.1, 0.15) is 63.5 Å². The molecule has 3 rings (SSSR count). The Bertz CT molecular complexity index is 1440. The number of aliphatic hydroxyl groups is 2. The Morgan fingerprint density at radius 1 is 0.792 bits per heavy atom. The molecule has 292 valence electrons. The second kappa shape index (κ2) is 22.6. The Balaban J connectivity index is 1.75. The van der Waals surface area contributed by atoms with Crippen molar-refractivity contribution in [3.8, 4) is 0 Å². The van der Waals surface area contributed by atoms with Crippen molar-refractivity contribution >= 4 is 29.6 Å². The number of carboxylic acids is 1. The van der Waals surface area contributed by atoms with E-state index in [9.17, 15) is 34.2 Å². The van der Waals surface area contributed by atoms with Gasteiger partial charge in [-0.05, 0) is 68.5 Å². The molecule has 1 fully saturated rings. The van der Waals surface area contributed by atoms with Gasteiger partial charge in [0.2, 0.25) is 23.6 Å². The summed E-state index contributed by atoms with van der Waals surface area (Å²) in [6.07, 6.45) is 1.90. The fraction of sp³-hybridized carbons (Fsp3) is 0.564. The third-order valence-electron chi connectivity index (χ3n) is 9.35. The lowest BCUT2D eigenvalue weighted by Crippen LogP contribution is -2.59. The summed E-state index contributed by atoms with van der Waals surface area (Å²) in [6, 6.07) is 14.6. The standard InChI is InChI=1S/C39H58N6O8/c1-26(2)21-33(44-37(50)34(23-28-13-7-4-8-14-28)43-35(48)31(40)22-27-11-5-3-6-12-27)36(49)42-32(15-9-10-18-41-24-30(47)25-46)38(51)45-19-16-29(17-20-45)39(52)53/h3-8,11-14,26,29-34,41,46-47H,9-10,15-25,40H2,1-2H3,(H,42,49)(H,43,48)(H,44,50)(H,52,53). The lowest BCUT2D eigenvalue weighted by Gasteiger charge is -2.34. The predicted molar refractivity (Wildman–Crippen MR) is 200 cm³/mol.